The number of rotatable bonds is 8. The second kappa shape index (κ2) is 11.3. The molecule has 0 radical (unpaired) electrons. The predicted molar refractivity (Wildman–Crippen MR) is 112 cm³/mol. The quantitative estimate of drug-likeness (QED) is 0.672. The molecule has 7 nitrogen and oxygen atoms in total. The molecule has 2 aromatic carbocycles. The standard InChI is InChI=1S/C23H28N2O5/c1-18(26)30-22(20-10-6-3-7-11-20)21(16-25-12-14-28-15-13-25)24-23(27)29-17-19-8-4-2-5-9-19/h2-11,21-22H,12-17H2,1H3,(H,24,27)/t21?,22-/m0/s1. The van der Waals surface area contributed by atoms with E-state index < -0.39 is 24.2 Å². The number of nitrogens with zero attached hydrogens (tertiary/aromatic N) is 1. The van der Waals surface area contributed by atoms with Gasteiger partial charge in [-0.15, -0.1) is 0 Å². The summed E-state index contributed by atoms with van der Waals surface area (Å²) in [7, 11) is 0. The van der Waals surface area contributed by atoms with Gasteiger partial charge in [-0.3, -0.25) is 9.69 Å². The number of nitrogens with one attached hydrogen (secondary N) is 1. The van der Waals surface area contributed by atoms with Crippen molar-refractivity contribution in [3.05, 3.63) is 71.8 Å². The van der Waals surface area contributed by atoms with E-state index in [9.17, 15) is 9.59 Å². The van der Waals surface area contributed by atoms with E-state index >= 15 is 0 Å². The van der Waals surface area contributed by atoms with Crippen LogP contribution in [0.2, 0.25) is 0 Å². The Morgan fingerprint density at radius 3 is 2.30 bits per heavy atom. The molecule has 1 amide bonds. The lowest BCUT2D eigenvalue weighted by Crippen LogP contribution is -2.50. The third-order valence-corrected chi connectivity index (χ3v) is 4.86. The van der Waals surface area contributed by atoms with Crippen molar-refractivity contribution >= 4 is 12.1 Å². The van der Waals surface area contributed by atoms with Gasteiger partial charge in [0.25, 0.3) is 0 Å². The zero-order valence-corrected chi connectivity index (χ0v) is 17.2. The van der Waals surface area contributed by atoms with Crippen molar-refractivity contribution in [1.82, 2.24) is 10.2 Å². The fraction of sp³-hybridized carbons (Fsp3) is 0.391. The summed E-state index contributed by atoms with van der Waals surface area (Å²) in [5, 5.41) is 2.92. The van der Waals surface area contributed by atoms with Crippen LogP contribution in [0.1, 0.15) is 24.2 Å². The molecule has 1 unspecified atom stereocenters. The molecule has 0 bridgehead atoms. The number of carbonyl (C=O) groups excluding carboxylic acids is 2. The predicted octanol–water partition coefficient (Wildman–Crippen LogP) is 2.92. The third-order valence-electron chi connectivity index (χ3n) is 4.86. The van der Waals surface area contributed by atoms with Crippen LogP contribution < -0.4 is 5.32 Å². The molecule has 1 saturated heterocycles. The van der Waals surface area contributed by atoms with Gasteiger partial charge in [-0.25, -0.2) is 4.79 Å². The maximum Gasteiger partial charge on any atom is 0.407 e. The summed E-state index contributed by atoms with van der Waals surface area (Å²) in [5.74, 6) is -0.407. The van der Waals surface area contributed by atoms with Gasteiger partial charge in [-0.1, -0.05) is 60.7 Å². The molecule has 30 heavy (non-hydrogen) atoms. The molecule has 1 aliphatic rings. The molecular weight excluding hydrogens is 384 g/mol. The number of esters is 1. The highest BCUT2D eigenvalue weighted by atomic mass is 16.6. The van der Waals surface area contributed by atoms with Gasteiger partial charge in [0, 0.05) is 26.6 Å². The molecule has 1 heterocycles. The summed E-state index contributed by atoms with van der Waals surface area (Å²) in [6.45, 7) is 4.81. The Hall–Kier alpha value is -2.90. The minimum Gasteiger partial charge on any atom is -0.455 e. The molecule has 0 aromatic heterocycles. The molecule has 1 fully saturated rings. The van der Waals surface area contributed by atoms with Crippen molar-refractivity contribution in [3.8, 4) is 0 Å². The van der Waals surface area contributed by atoms with Crippen LogP contribution >= 0.6 is 0 Å². The molecular formula is C23H28N2O5. The van der Waals surface area contributed by atoms with Gasteiger partial charge in [-0.05, 0) is 11.1 Å². The number of alkyl carbamates (subject to hydrolysis) is 1. The fourth-order valence-corrected chi connectivity index (χ4v) is 3.40. The Bertz CT molecular complexity index is 794. The van der Waals surface area contributed by atoms with Crippen molar-refractivity contribution in [2.75, 3.05) is 32.8 Å². The first-order chi connectivity index (χ1) is 14.6. The zero-order valence-electron chi connectivity index (χ0n) is 17.2. The summed E-state index contributed by atoms with van der Waals surface area (Å²) < 4.78 is 16.5. The molecule has 3 rings (SSSR count). The highest BCUT2D eigenvalue weighted by molar-refractivity contribution is 5.69. The number of hydrogen-bond donors (Lipinski definition) is 1. The van der Waals surface area contributed by atoms with Crippen LogP contribution in [-0.4, -0.2) is 55.9 Å². The topological polar surface area (TPSA) is 77.1 Å². The monoisotopic (exact) mass is 412 g/mol. The Kier molecular flexibility index (Phi) is 8.23. The van der Waals surface area contributed by atoms with Gasteiger partial charge in [-0.2, -0.15) is 0 Å². The molecule has 160 valence electrons. The van der Waals surface area contributed by atoms with E-state index in [1.165, 1.54) is 6.92 Å². The van der Waals surface area contributed by atoms with Crippen LogP contribution in [0.5, 0.6) is 0 Å². The van der Waals surface area contributed by atoms with E-state index in [2.05, 4.69) is 10.2 Å². The lowest BCUT2D eigenvalue weighted by Gasteiger charge is -2.34. The SMILES string of the molecule is CC(=O)O[C@@H](c1ccccc1)C(CN1CCOCC1)NC(=O)OCc1ccccc1. The van der Waals surface area contributed by atoms with Crippen LogP contribution in [0.15, 0.2) is 60.7 Å². The molecule has 1 N–H and O–H groups in total. The maximum absolute atomic E-state index is 12.6. The lowest BCUT2D eigenvalue weighted by molar-refractivity contribution is -0.148. The van der Waals surface area contributed by atoms with Crippen LogP contribution in [0, 0.1) is 0 Å². The van der Waals surface area contributed by atoms with Gasteiger partial charge in [0.05, 0.1) is 19.3 Å². The highest BCUT2D eigenvalue weighted by Gasteiger charge is 2.30. The van der Waals surface area contributed by atoms with Crippen molar-refractivity contribution in [3.63, 3.8) is 0 Å². The summed E-state index contributed by atoms with van der Waals surface area (Å²) in [5.41, 5.74) is 1.71. The lowest BCUT2D eigenvalue weighted by atomic mass is 10.0. The molecule has 2 aromatic rings. The van der Waals surface area contributed by atoms with Crippen LogP contribution in [-0.2, 0) is 25.6 Å². The van der Waals surface area contributed by atoms with Crippen LogP contribution in [0.25, 0.3) is 0 Å². The maximum atomic E-state index is 12.6. The number of benzene rings is 2. The number of carbonyl (C=O) groups is 2. The smallest absolute Gasteiger partial charge is 0.407 e. The highest BCUT2D eigenvalue weighted by Crippen LogP contribution is 2.23. The Labute approximate surface area is 176 Å². The second-order valence-electron chi connectivity index (χ2n) is 7.17. The molecule has 0 saturated carbocycles. The summed E-state index contributed by atoms with van der Waals surface area (Å²) >= 11 is 0. The van der Waals surface area contributed by atoms with Crippen molar-refractivity contribution in [1.29, 1.82) is 0 Å². The first-order valence-electron chi connectivity index (χ1n) is 10.1. The molecule has 0 aliphatic carbocycles. The molecule has 1 aliphatic heterocycles. The Morgan fingerprint density at radius 1 is 1.03 bits per heavy atom. The van der Waals surface area contributed by atoms with Crippen LogP contribution in [0.3, 0.4) is 0 Å². The normalized spacial score (nSPS) is 16.3. The minimum absolute atomic E-state index is 0.167. The van der Waals surface area contributed by atoms with Gasteiger partial charge in [0.1, 0.15) is 12.7 Å². The van der Waals surface area contributed by atoms with Crippen LogP contribution in [0.4, 0.5) is 4.79 Å². The summed E-state index contributed by atoms with van der Waals surface area (Å²) in [4.78, 5) is 26.6. The minimum atomic E-state index is -0.629. The Morgan fingerprint density at radius 2 is 1.67 bits per heavy atom. The fourth-order valence-electron chi connectivity index (χ4n) is 3.40. The largest absolute Gasteiger partial charge is 0.455 e. The third kappa shape index (κ3) is 6.86. The van der Waals surface area contributed by atoms with E-state index in [1.807, 2.05) is 60.7 Å². The Balaban J connectivity index is 1.73. The van der Waals surface area contributed by atoms with E-state index in [0.717, 1.165) is 24.2 Å². The van der Waals surface area contributed by atoms with E-state index in [-0.39, 0.29) is 6.61 Å². The summed E-state index contributed by atoms with van der Waals surface area (Å²) in [6, 6.07) is 18.4. The second-order valence-corrected chi connectivity index (χ2v) is 7.17. The van der Waals surface area contributed by atoms with E-state index in [1.54, 1.807) is 0 Å². The van der Waals surface area contributed by atoms with Crippen molar-refractivity contribution < 1.29 is 23.8 Å². The molecule has 2 atom stereocenters. The van der Waals surface area contributed by atoms with Crippen molar-refractivity contribution in [2.45, 2.75) is 25.7 Å². The molecule has 7 heteroatoms. The number of morpholine rings is 1. The number of hydrogen-bond acceptors (Lipinski definition) is 6. The van der Waals surface area contributed by atoms with Gasteiger partial charge in [0.15, 0.2) is 0 Å². The first-order valence-corrected chi connectivity index (χ1v) is 10.1. The average molecular weight is 412 g/mol. The average Bonchev–Trinajstić information content (AvgIpc) is 2.77. The number of amides is 1. The van der Waals surface area contributed by atoms with E-state index in [0.29, 0.717) is 19.8 Å². The summed E-state index contributed by atoms with van der Waals surface area (Å²) in [6.07, 6.45) is -1.18. The first kappa shape index (κ1) is 21.8. The van der Waals surface area contributed by atoms with Gasteiger partial charge >= 0.3 is 12.1 Å². The zero-order chi connectivity index (χ0) is 21.2. The van der Waals surface area contributed by atoms with Gasteiger partial charge < -0.3 is 19.5 Å². The molecule has 0 spiro atoms. The van der Waals surface area contributed by atoms with Crippen molar-refractivity contribution in [2.24, 2.45) is 0 Å². The van der Waals surface area contributed by atoms with E-state index in [4.69, 9.17) is 14.2 Å². The number of ether oxygens (including phenoxy) is 3. The van der Waals surface area contributed by atoms with Gasteiger partial charge in [0.2, 0.25) is 0 Å².